The summed E-state index contributed by atoms with van der Waals surface area (Å²) in [6.45, 7) is 12.2. The Morgan fingerprint density at radius 2 is 2.28 bits per heavy atom. The number of nitrogens with one attached hydrogen (secondary N) is 1. The van der Waals surface area contributed by atoms with Crippen LogP contribution in [-0.2, 0) is 0 Å². The minimum atomic E-state index is 0.182. The SMILES string of the molecule is CC1=c2nc(N3CCNC[C@H]3C)sc2=CC1(C)C. The van der Waals surface area contributed by atoms with Gasteiger partial charge in [-0.05, 0) is 19.4 Å². The van der Waals surface area contributed by atoms with Crippen LogP contribution in [0.15, 0.2) is 0 Å². The zero-order chi connectivity index (χ0) is 12.9. The van der Waals surface area contributed by atoms with Crippen molar-refractivity contribution in [1.82, 2.24) is 10.3 Å². The van der Waals surface area contributed by atoms with Crippen LogP contribution in [0.2, 0.25) is 0 Å². The van der Waals surface area contributed by atoms with Gasteiger partial charge in [0.1, 0.15) is 0 Å². The molecule has 98 valence electrons. The highest BCUT2D eigenvalue weighted by Crippen LogP contribution is 2.31. The topological polar surface area (TPSA) is 28.2 Å². The third kappa shape index (κ3) is 1.79. The molecular weight excluding hydrogens is 242 g/mol. The van der Waals surface area contributed by atoms with Gasteiger partial charge in [-0.3, -0.25) is 0 Å². The minimum Gasteiger partial charge on any atom is -0.343 e. The van der Waals surface area contributed by atoms with Gasteiger partial charge in [0, 0.05) is 31.1 Å². The van der Waals surface area contributed by atoms with Crippen LogP contribution in [0.25, 0.3) is 11.6 Å². The maximum atomic E-state index is 4.89. The number of aromatic nitrogens is 1. The quantitative estimate of drug-likeness (QED) is 0.817. The normalized spacial score (nSPS) is 26.1. The van der Waals surface area contributed by atoms with Gasteiger partial charge in [-0.2, -0.15) is 0 Å². The van der Waals surface area contributed by atoms with Crippen LogP contribution in [0.4, 0.5) is 5.13 Å². The number of thiazole rings is 1. The second-order valence-electron chi connectivity index (χ2n) is 5.95. The Kier molecular flexibility index (Phi) is 2.75. The fourth-order valence-corrected chi connectivity index (χ4v) is 4.05. The second-order valence-corrected chi connectivity index (χ2v) is 6.96. The van der Waals surface area contributed by atoms with Crippen LogP contribution < -0.4 is 20.1 Å². The van der Waals surface area contributed by atoms with E-state index in [1.54, 1.807) is 0 Å². The predicted molar refractivity (Wildman–Crippen MR) is 78.4 cm³/mol. The predicted octanol–water partition coefficient (Wildman–Crippen LogP) is 0.932. The first-order chi connectivity index (χ1) is 8.49. The van der Waals surface area contributed by atoms with E-state index in [2.05, 4.69) is 44.0 Å². The maximum absolute atomic E-state index is 4.89. The average Bonchev–Trinajstić information content (AvgIpc) is 2.79. The third-order valence-corrected chi connectivity index (χ3v) is 5.24. The first-order valence-electron chi connectivity index (χ1n) is 6.67. The number of anilines is 1. The molecule has 2 heterocycles. The smallest absolute Gasteiger partial charge is 0.186 e. The van der Waals surface area contributed by atoms with Gasteiger partial charge in [0.15, 0.2) is 5.13 Å². The van der Waals surface area contributed by atoms with Gasteiger partial charge in [0.2, 0.25) is 0 Å². The molecule has 1 atom stereocenters. The van der Waals surface area contributed by atoms with Crippen molar-refractivity contribution < 1.29 is 0 Å². The van der Waals surface area contributed by atoms with Gasteiger partial charge >= 0.3 is 0 Å². The lowest BCUT2D eigenvalue weighted by Crippen LogP contribution is -2.50. The molecule has 2 aliphatic rings. The van der Waals surface area contributed by atoms with E-state index < -0.39 is 0 Å². The lowest BCUT2D eigenvalue weighted by Gasteiger charge is -2.33. The first kappa shape index (κ1) is 12.2. The molecule has 1 aliphatic heterocycles. The molecule has 0 saturated carbocycles. The Morgan fingerprint density at radius 3 is 2.94 bits per heavy atom. The summed E-state index contributed by atoms with van der Waals surface area (Å²) in [5.41, 5.74) is 1.59. The lowest BCUT2D eigenvalue weighted by atomic mass is 9.88. The molecule has 1 fully saturated rings. The molecule has 3 rings (SSSR count). The third-order valence-electron chi connectivity index (χ3n) is 4.20. The van der Waals surface area contributed by atoms with Gasteiger partial charge in [-0.25, -0.2) is 4.98 Å². The van der Waals surface area contributed by atoms with E-state index in [9.17, 15) is 0 Å². The van der Waals surface area contributed by atoms with Crippen molar-refractivity contribution in [2.75, 3.05) is 24.5 Å². The molecule has 4 heteroatoms. The van der Waals surface area contributed by atoms with E-state index in [4.69, 9.17) is 4.98 Å². The molecule has 0 aromatic carbocycles. The minimum absolute atomic E-state index is 0.182. The Labute approximate surface area is 112 Å². The van der Waals surface area contributed by atoms with Crippen molar-refractivity contribution in [2.24, 2.45) is 5.41 Å². The van der Waals surface area contributed by atoms with Crippen LogP contribution in [0, 0.1) is 5.41 Å². The number of rotatable bonds is 1. The van der Waals surface area contributed by atoms with E-state index >= 15 is 0 Å². The Balaban J connectivity index is 2.03. The molecule has 3 nitrogen and oxygen atoms in total. The summed E-state index contributed by atoms with van der Waals surface area (Å²) in [7, 11) is 0. The highest BCUT2D eigenvalue weighted by molar-refractivity contribution is 7.13. The largest absolute Gasteiger partial charge is 0.343 e. The Bertz CT molecular complexity index is 585. The zero-order valence-electron chi connectivity index (χ0n) is 11.6. The summed E-state index contributed by atoms with van der Waals surface area (Å²) in [6.07, 6.45) is 2.37. The lowest BCUT2D eigenvalue weighted by molar-refractivity contribution is 0.500. The Morgan fingerprint density at radius 1 is 1.50 bits per heavy atom. The summed E-state index contributed by atoms with van der Waals surface area (Å²) < 4.78 is 1.36. The van der Waals surface area contributed by atoms with Gasteiger partial charge in [0.25, 0.3) is 0 Å². The van der Waals surface area contributed by atoms with Crippen LogP contribution in [0.5, 0.6) is 0 Å². The Hall–Kier alpha value is -0.870. The molecule has 1 saturated heterocycles. The van der Waals surface area contributed by atoms with Crippen LogP contribution in [-0.4, -0.2) is 30.7 Å². The van der Waals surface area contributed by atoms with Crippen molar-refractivity contribution in [1.29, 1.82) is 0 Å². The van der Waals surface area contributed by atoms with Crippen LogP contribution >= 0.6 is 11.3 Å². The number of hydrogen-bond acceptors (Lipinski definition) is 4. The van der Waals surface area contributed by atoms with Crippen molar-refractivity contribution in [3.05, 3.63) is 9.88 Å². The van der Waals surface area contributed by atoms with Gasteiger partial charge in [0.05, 0.1) is 9.88 Å². The van der Waals surface area contributed by atoms with E-state index in [0.717, 1.165) is 19.6 Å². The van der Waals surface area contributed by atoms with Gasteiger partial charge in [-0.15, -0.1) is 0 Å². The standard InChI is InChI=1S/C14H21N3S/c1-9-8-15-5-6-17(9)13-16-12-10(2)14(3,4)7-11(12)18-13/h7,9,15H,5-6,8H2,1-4H3/t9-/m1/s1. The van der Waals surface area contributed by atoms with E-state index in [-0.39, 0.29) is 5.41 Å². The van der Waals surface area contributed by atoms with Crippen LogP contribution in [0.3, 0.4) is 0 Å². The number of nitrogens with zero attached hydrogens (tertiary/aromatic N) is 2. The summed E-state index contributed by atoms with van der Waals surface area (Å²) in [5.74, 6) is 0. The highest BCUT2D eigenvalue weighted by atomic mass is 32.1. The second kappa shape index (κ2) is 4.07. The molecular formula is C14H21N3S. The molecule has 1 N–H and O–H groups in total. The van der Waals surface area contributed by atoms with Crippen molar-refractivity contribution in [2.45, 2.75) is 33.7 Å². The first-order valence-corrected chi connectivity index (χ1v) is 7.49. The number of piperazine rings is 1. The average molecular weight is 263 g/mol. The van der Waals surface area contributed by atoms with Crippen molar-refractivity contribution >= 4 is 28.1 Å². The monoisotopic (exact) mass is 263 g/mol. The zero-order valence-corrected chi connectivity index (χ0v) is 12.4. The van der Waals surface area contributed by atoms with E-state index in [1.165, 1.54) is 20.6 Å². The number of fused-ring (bicyclic) bond motifs is 1. The molecule has 0 spiro atoms. The van der Waals surface area contributed by atoms with Gasteiger partial charge < -0.3 is 10.2 Å². The molecule has 0 unspecified atom stereocenters. The van der Waals surface area contributed by atoms with Crippen molar-refractivity contribution in [3.8, 4) is 0 Å². The summed E-state index contributed by atoms with van der Waals surface area (Å²) >= 11 is 1.85. The van der Waals surface area contributed by atoms with Crippen LogP contribution in [0.1, 0.15) is 27.7 Å². The number of hydrogen-bond donors (Lipinski definition) is 1. The maximum Gasteiger partial charge on any atom is 0.186 e. The summed E-state index contributed by atoms with van der Waals surface area (Å²) in [6, 6.07) is 0.540. The molecule has 0 amide bonds. The fourth-order valence-electron chi connectivity index (χ4n) is 2.68. The molecule has 1 aromatic rings. The summed E-state index contributed by atoms with van der Waals surface area (Å²) in [5, 5.41) is 5.85. The molecule has 1 aromatic heterocycles. The summed E-state index contributed by atoms with van der Waals surface area (Å²) in [4.78, 5) is 7.33. The highest BCUT2D eigenvalue weighted by Gasteiger charge is 2.27. The molecule has 18 heavy (non-hydrogen) atoms. The molecule has 0 bridgehead atoms. The van der Waals surface area contributed by atoms with Crippen molar-refractivity contribution in [3.63, 3.8) is 0 Å². The molecule has 1 aliphatic carbocycles. The fraction of sp³-hybridized carbons (Fsp3) is 0.643. The van der Waals surface area contributed by atoms with E-state index in [0.29, 0.717) is 6.04 Å². The van der Waals surface area contributed by atoms with Gasteiger partial charge in [-0.1, -0.05) is 31.3 Å². The van der Waals surface area contributed by atoms with E-state index in [1.807, 2.05) is 11.3 Å². The molecule has 0 radical (unpaired) electrons.